The lowest BCUT2D eigenvalue weighted by Gasteiger charge is -2.36. The van der Waals surface area contributed by atoms with E-state index in [0.29, 0.717) is 31.8 Å². The number of hydrogen-bond donors (Lipinski definition) is 6. The van der Waals surface area contributed by atoms with Gasteiger partial charge >= 0.3 is 0 Å². The Hall–Kier alpha value is -2.81. The second kappa shape index (κ2) is 22.5. The molecular formula is C39H71N7O7. The molecule has 53 heavy (non-hydrogen) atoms. The van der Waals surface area contributed by atoms with Crippen LogP contribution in [0.3, 0.4) is 0 Å². The van der Waals surface area contributed by atoms with Crippen molar-refractivity contribution in [2.45, 2.75) is 166 Å². The van der Waals surface area contributed by atoms with Gasteiger partial charge in [0.1, 0.15) is 18.1 Å². The zero-order valence-electron chi connectivity index (χ0n) is 33.1. The molecule has 5 amide bonds. The first kappa shape index (κ1) is 44.6. The van der Waals surface area contributed by atoms with Crippen molar-refractivity contribution in [2.24, 2.45) is 40.9 Å². The molecule has 0 aromatic rings. The maximum Gasteiger partial charge on any atom is 0.243 e. The van der Waals surface area contributed by atoms with Gasteiger partial charge in [-0.3, -0.25) is 24.0 Å². The lowest BCUT2D eigenvalue weighted by atomic mass is 9.82. The first-order valence-electron chi connectivity index (χ1n) is 20.4. The van der Waals surface area contributed by atoms with Crippen LogP contribution in [0.1, 0.15) is 124 Å². The molecule has 7 atom stereocenters. The van der Waals surface area contributed by atoms with Gasteiger partial charge in [0.2, 0.25) is 29.5 Å². The quantitative estimate of drug-likeness (QED) is 0.0955. The molecule has 3 rings (SSSR count). The van der Waals surface area contributed by atoms with Crippen LogP contribution in [0.25, 0.3) is 0 Å². The van der Waals surface area contributed by atoms with Gasteiger partial charge in [-0.05, 0) is 57.3 Å². The molecule has 0 heterocycles. The summed E-state index contributed by atoms with van der Waals surface area (Å²) in [6.45, 7) is 7.96. The van der Waals surface area contributed by atoms with Gasteiger partial charge in [0.15, 0.2) is 0 Å². The summed E-state index contributed by atoms with van der Waals surface area (Å²) in [6.07, 6.45) is 13.2. The highest BCUT2D eigenvalue weighted by molar-refractivity contribution is 5.94. The summed E-state index contributed by atoms with van der Waals surface area (Å²) < 4.78 is 12.3. The normalized spacial score (nSPS) is 23.6. The number of rotatable bonds is 22. The van der Waals surface area contributed by atoms with E-state index in [2.05, 4.69) is 16.0 Å². The molecule has 0 aromatic carbocycles. The smallest absolute Gasteiger partial charge is 0.243 e. The van der Waals surface area contributed by atoms with Crippen molar-refractivity contribution in [3.63, 3.8) is 0 Å². The van der Waals surface area contributed by atoms with Crippen molar-refractivity contribution >= 4 is 29.5 Å². The summed E-state index contributed by atoms with van der Waals surface area (Å²) in [4.78, 5) is 68.1. The Morgan fingerprint density at radius 2 is 1.45 bits per heavy atom. The largest absolute Gasteiger partial charge is 0.377 e. The minimum absolute atomic E-state index is 0.112. The Kier molecular flexibility index (Phi) is 19.0. The van der Waals surface area contributed by atoms with E-state index in [1.54, 1.807) is 7.05 Å². The second-order valence-corrected chi connectivity index (χ2v) is 16.2. The number of ether oxygens (including phenoxy) is 2. The Bertz CT molecular complexity index is 1170. The van der Waals surface area contributed by atoms with E-state index in [-0.39, 0.29) is 55.0 Å². The molecule has 14 heteroatoms. The van der Waals surface area contributed by atoms with Crippen molar-refractivity contribution in [1.29, 1.82) is 0 Å². The first-order chi connectivity index (χ1) is 25.2. The van der Waals surface area contributed by atoms with Gasteiger partial charge in [-0.2, -0.15) is 0 Å². The highest BCUT2D eigenvalue weighted by atomic mass is 16.5. The zero-order chi connectivity index (χ0) is 39.1. The number of nitrogens with zero attached hydrogens (tertiary/aromatic N) is 1. The van der Waals surface area contributed by atoms with Gasteiger partial charge in [0.25, 0.3) is 0 Å². The third kappa shape index (κ3) is 14.1. The molecule has 3 aliphatic rings. The van der Waals surface area contributed by atoms with E-state index in [1.807, 2.05) is 27.7 Å². The Balaban J connectivity index is 1.69. The molecule has 0 spiro atoms. The molecule has 304 valence electrons. The average Bonchev–Trinajstić information content (AvgIpc) is 3.14. The number of likely N-dealkylation sites (N-methyl/N-ethyl adjacent to an activating group) is 1. The van der Waals surface area contributed by atoms with Crippen molar-refractivity contribution in [1.82, 2.24) is 20.9 Å². The van der Waals surface area contributed by atoms with E-state index in [1.165, 1.54) is 11.3 Å². The summed E-state index contributed by atoms with van der Waals surface area (Å²) in [7, 11) is 1.65. The van der Waals surface area contributed by atoms with Gasteiger partial charge < -0.3 is 47.5 Å². The van der Waals surface area contributed by atoms with Gasteiger partial charge in [0.05, 0.1) is 37.3 Å². The van der Waals surface area contributed by atoms with Gasteiger partial charge in [0, 0.05) is 25.7 Å². The van der Waals surface area contributed by atoms with E-state index in [9.17, 15) is 24.0 Å². The highest BCUT2D eigenvalue weighted by Gasteiger charge is 2.38. The zero-order valence-corrected chi connectivity index (χ0v) is 33.1. The molecule has 3 saturated carbocycles. The SMILES string of the molecule is CCC[C@@H](C(=O)N[C@H](C(=O)N[C@@H](CN)C(N)=O)C1CCCCC1)N(C)C(=O)[C@H](C)[C@@H](CC1CCCCC1)OC[C@@H](C)NC(=O)[C@@H](C)COC1CC(N)C1. The number of hydrogen-bond acceptors (Lipinski definition) is 9. The van der Waals surface area contributed by atoms with Crippen molar-refractivity contribution < 1.29 is 33.4 Å². The van der Waals surface area contributed by atoms with E-state index in [4.69, 9.17) is 26.7 Å². The number of nitrogens with two attached hydrogens (primary N) is 3. The Morgan fingerprint density at radius 1 is 0.830 bits per heavy atom. The molecular weight excluding hydrogens is 678 g/mol. The van der Waals surface area contributed by atoms with E-state index < -0.39 is 47.9 Å². The van der Waals surface area contributed by atoms with Crippen molar-refractivity contribution in [3.8, 4) is 0 Å². The third-order valence-corrected chi connectivity index (χ3v) is 11.6. The van der Waals surface area contributed by atoms with Crippen LogP contribution < -0.4 is 33.2 Å². The summed E-state index contributed by atoms with van der Waals surface area (Å²) in [5.41, 5.74) is 17.0. The summed E-state index contributed by atoms with van der Waals surface area (Å²) in [6, 6.07) is -2.85. The molecule has 3 aliphatic carbocycles. The van der Waals surface area contributed by atoms with Crippen molar-refractivity contribution in [2.75, 3.05) is 26.8 Å². The molecule has 0 unspecified atom stereocenters. The van der Waals surface area contributed by atoms with Crippen LogP contribution in [0, 0.1) is 23.7 Å². The predicted molar refractivity (Wildman–Crippen MR) is 204 cm³/mol. The lowest BCUT2D eigenvalue weighted by Crippen LogP contribution is -2.60. The molecule has 0 bridgehead atoms. The topological polar surface area (TPSA) is 221 Å². The van der Waals surface area contributed by atoms with Crippen molar-refractivity contribution in [3.05, 3.63) is 0 Å². The number of carbonyl (C=O) groups is 5. The number of carbonyl (C=O) groups excluding carboxylic acids is 5. The van der Waals surface area contributed by atoms with Crippen LogP contribution in [0.4, 0.5) is 0 Å². The summed E-state index contributed by atoms with van der Waals surface area (Å²) in [5, 5.41) is 8.65. The fourth-order valence-electron chi connectivity index (χ4n) is 7.99. The number of amides is 5. The second-order valence-electron chi connectivity index (χ2n) is 16.2. The molecule has 3 fully saturated rings. The Morgan fingerprint density at radius 3 is 2.02 bits per heavy atom. The monoisotopic (exact) mass is 750 g/mol. The Labute approximate surface area is 317 Å². The van der Waals surface area contributed by atoms with Crippen LogP contribution in [0.15, 0.2) is 0 Å². The summed E-state index contributed by atoms with van der Waals surface area (Å²) >= 11 is 0. The van der Waals surface area contributed by atoms with Crippen LogP contribution in [0.5, 0.6) is 0 Å². The number of nitrogens with one attached hydrogen (secondary N) is 3. The molecule has 0 aromatic heterocycles. The van der Waals surface area contributed by atoms with Gasteiger partial charge in [-0.1, -0.05) is 78.6 Å². The fraction of sp³-hybridized carbons (Fsp3) is 0.872. The fourth-order valence-corrected chi connectivity index (χ4v) is 7.99. The van der Waals surface area contributed by atoms with Crippen LogP contribution in [-0.2, 0) is 33.4 Å². The van der Waals surface area contributed by atoms with Gasteiger partial charge in [-0.25, -0.2) is 0 Å². The molecule has 0 aliphatic heterocycles. The molecule has 0 radical (unpaired) electrons. The van der Waals surface area contributed by atoms with E-state index >= 15 is 0 Å². The average molecular weight is 750 g/mol. The van der Waals surface area contributed by atoms with Crippen LogP contribution in [0.2, 0.25) is 0 Å². The first-order valence-corrected chi connectivity index (χ1v) is 20.4. The number of primary amides is 1. The van der Waals surface area contributed by atoms with Gasteiger partial charge in [-0.15, -0.1) is 0 Å². The highest BCUT2D eigenvalue weighted by Crippen LogP contribution is 2.31. The molecule has 9 N–H and O–H groups in total. The maximum atomic E-state index is 14.2. The van der Waals surface area contributed by atoms with Crippen LogP contribution >= 0.6 is 0 Å². The maximum absolute atomic E-state index is 14.2. The standard InChI is InChI=1S/C39H71N7O7/c1-6-13-32(37(49)45-34(28-16-11-8-12-17-28)38(50)44-31(21-40)35(42)47)46(5)39(51)26(4)33(18-27-14-9-7-10-15-27)53-23-25(3)43-36(48)24(2)22-52-30-19-29(41)20-30/h24-34H,6-23,40-41H2,1-5H3,(H2,42,47)(H,43,48)(H,44,50)(H,45,49)/t24-,25+,26+,29?,30?,31-,32-,33+,34-/m0/s1. The minimum Gasteiger partial charge on any atom is -0.377 e. The summed E-state index contributed by atoms with van der Waals surface area (Å²) in [5.74, 6) is -2.55. The molecule has 14 nitrogen and oxygen atoms in total. The molecule has 0 saturated heterocycles. The third-order valence-electron chi connectivity index (χ3n) is 11.6. The lowest BCUT2D eigenvalue weighted by molar-refractivity contribution is -0.147. The van der Waals surface area contributed by atoms with E-state index in [0.717, 1.165) is 70.6 Å². The van der Waals surface area contributed by atoms with Crippen LogP contribution in [-0.4, -0.2) is 104 Å². The minimum atomic E-state index is -1.05. The predicted octanol–water partition coefficient (Wildman–Crippen LogP) is 2.25.